The minimum atomic E-state index is -0.442. The quantitative estimate of drug-likeness (QED) is 0.454. The Balaban J connectivity index is 2.83. The summed E-state index contributed by atoms with van der Waals surface area (Å²) in [4.78, 5) is 23.2. The van der Waals surface area contributed by atoms with E-state index in [2.05, 4.69) is 0 Å². The predicted octanol–water partition coefficient (Wildman–Crippen LogP) is 1.90. The molecule has 0 bridgehead atoms. The van der Waals surface area contributed by atoms with Gasteiger partial charge >= 0.3 is 5.97 Å². The summed E-state index contributed by atoms with van der Waals surface area (Å²) >= 11 is 0. The van der Waals surface area contributed by atoms with Gasteiger partial charge in [-0.1, -0.05) is 0 Å². The Morgan fingerprint density at radius 1 is 1.50 bits per heavy atom. The molecule has 1 rings (SSSR count). The second-order valence-electron chi connectivity index (χ2n) is 3.89. The second kappa shape index (κ2) is 6.00. The summed E-state index contributed by atoms with van der Waals surface area (Å²) < 4.78 is 4.85. The molecule has 0 saturated carbocycles. The van der Waals surface area contributed by atoms with E-state index in [0.29, 0.717) is 6.61 Å². The number of hydrogen-bond donors (Lipinski definition) is 0. The van der Waals surface area contributed by atoms with Gasteiger partial charge in [-0.3, -0.25) is 14.9 Å². The van der Waals surface area contributed by atoms with Crippen molar-refractivity contribution in [1.82, 2.24) is 0 Å². The molecule has 1 aromatic carbocycles. The van der Waals surface area contributed by atoms with E-state index < -0.39 is 4.92 Å². The number of nitro benzene ring substituents is 1. The van der Waals surface area contributed by atoms with Gasteiger partial charge in [0.05, 0.1) is 11.5 Å². The lowest BCUT2D eigenvalue weighted by Crippen LogP contribution is -2.27. The van der Waals surface area contributed by atoms with Crippen LogP contribution in [0.3, 0.4) is 0 Å². The van der Waals surface area contributed by atoms with Crippen molar-refractivity contribution in [3.05, 3.63) is 33.9 Å². The summed E-state index contributed by atoms with van der Waals surface area (Å²) in [5, 5.41) is 10.6. The van der Waals surface area contributed by atoms with E-state index in [1.54, 1.807) is 31.9 Å². The molecule has 18 heavy (non-hydrogen) atoms. The van der Waals surface area contributed by atoms with Gasteiger partial charge < -0.3 is 9.64 Å². The van der Waals surface area contributed by atoms with E-state index >= 15 is 0 Å². The molecule has 6 heteroatoms. The van der Waals surface area contributed by atoms with Crippen LogP contribution in [0, 0.1) is 17.0 Å². The Labute approximate surface area is 105 Å². The van der Waals surface area contributed by atoms with Gasteiger partial charge in [0.25, 0.3) is 5.69 Å². The van der Waals surface area contributed by atoms with Gasteiger partial charge in [0.2, 0.25) is 0 Å². The number of nitrogens with zero attached hydrogens (tertiary/aromatic N) is 2. The summed E-state index contributed by atoms with van der Waals surface area (Å²) in [5.74, 6) is -0.322. The first-order valence-corrected chi connectivity index (χ1v) is 5.57. The number of carbonyl (C=O) groups excluding carboxylic acids is 1. The molecule has 98 valence electrons. The summed E-state index contributed by atoms with van der Waals surface area (Å²) in [7, 11) is 1.74. The molecule has 0 aliphatic carbocycles. The average Bonchev–Trinajstić information content (AvgIpc) is 2.28. The lowest BCUT2D eigenvalue weighted by atomic mass is 10.1. The third kappa shape index (κ3) is 3.44. The van der Waals surface area contributed by atoms with Crippen molar-refractivity contribution in [2.75, 3.05) is 25.1 Å². The zero-order valence-electron chi connectivity index (χ0n) is 10.7. The van der Waals surface area contributed by atoms with Crippen LogP contribution in [0.2, 0.25) is 0 Å². The van der Waals surface area contributed by atoms with Crippen LogP contribution in [0.25, 0.3) is 0 Å². The average molecular weight is 252 g/mol. The fraction of sp³-hybridized carbons (Fsp3) is 0.417. The summed E-state index contributed by atoms with van der Waals surface area (Å²) in [6, 6.07) is 4.54. The van der Waals surface area contributed by atoms with Crippen LogP contribution in [0.15, 0.2) is 18.2 Å². The van der Waals surface area contributed by atoms with Crippen molar-refractivity contribution in [2.45, 2.75) is 13.8 Å². The third-order valence-electron chi connectivity index (χ3n) is 2.47. The summed E-state index contributed by atoms with van der Waals surface area (Å²) in [6.45, 7) is 3.97. The lowest BCUT2D eigenvalue weighted by molar-refractivity contribution is -0.384. The van der Waals surface area contributed by atoms with Gasteiger partial charge in [0, 0.05) is 24.9 Å². The molecular formula is C12H16N2O4. The van der Waals surface area contributed by atoms with Crippen molar-refractivity contribution in [3.63, 3.8) is 0 Å². The monoisotopic (exact) mass is 252 g/mol. The number of anilines is 1. The van der Waals surface area contributed by atoms with Gasteiger partial charge in [0.15, 0.2) is 0 Å². The van der Waals surface area contributed by atoms with Crippen LogP contribution in [0.5, 0.6) is 0 Å². The fourth-order valence-corrected chi connectivity index (χ4v) is 1.67. The summed E-state index contributed by atoms with van der Waals surface area (Å²) in [6.07, 6.45) is 0. The molecule has 0 spiro atoms. The Morgan fingerprint density at radius 3 is 2.67 bits per heavy atom. The van der Waals surface area contributed by atoms with Crippen molar-refractivity contribution in [2.24, 2.45) is 0 Å². The highest BCUT2D eigenvalue weighted by Gasteiger charge is 2.13. The predicted molar refractivity (Wildman–Crippen MR) is 67.7 cm³/mol. The number of nitro groups is 1. The Kier molecular flexibility index (Phi) is 4.65. The standard InChI is InChI=1S/C12H16N2O4/c1-4-18-12(15)8-13(3)11-6-5-10(14(16)17)7-9(11)2/h5-7H,4,8H2,1-3H3. The molecule has 0 radical (unpaired) electrons. The molecule has 0 amide bonds. The van der Waals surface area contributed by atoms with E-state index in [1.165, 1.54) is 12.1 Å². The van der Waals surface area contributed by atoms with Crippen molar-refractivity contribution >= 4 is 17.3 Å². The van der Waals surface area contributed by atoms with E-state index in [4.69, 9.17) is 4.74 Å². The maximum Gasteiger partial charge on any atom is 0.325 e. The molecule has 0 atom stereocenters. The maximum atomic E-state index is 11.3. The van der Waals surface area contributed by atoms with Gasteiger partial charge in [-0.05, 0) is 25.5 Å². The highest BCUT2D eigenvalue weighted by Crippen LogP contribution is 2.23. The molecule has 6 nitrogen and oxygen atoms in total. The van der Waals surface area contributed by atoms with E-state index in [9.17, 15) is 14.9 Å². The Morgan fingerprint density at radius 2 is 2.17 bits per heavy atom. The molecule has 0 N–H and O–H groups in total. The van der Waals surface area contributed by atoms with Crippen LogP contribution in [-0.2, 0) is 9.53 Å². The number of carbonyl (C=O) groups is 1. The van der Waals surface area contributed by atoms with Gasteiger partial charge in [-0.15, -0.1) is 0 Å². The molecule has 1 aromatic rings. The molecule has 0 aliphatic heterocycles. The number of non-ortho nitro benzene ring substituents is 1. The maximum absolute atomic E-state index is 11.3. The zero-order chi connectivity index (χ0) is 13.7. The van der Waals surface area contributed by atoms with E-state index in [0.717, 1.165) is 11.3 Å². The minimum absolute atomic E-state index is 0.0424. The fourth-order valence-electron chi connectivity index (χ4n) is 1.67. The van der Waals surface area contributed by atoms with Crippen LogP contribution in [-0.4, -0.2) is 31.1 Å². The largest absolute Gasteiger partial charge is 0.465 e. The number of aryl methyl sites for hydroxylation is 1. The van der Waals surface area contributed by atoms with Gasteiger partial charge in [0.1, 0.15) is 6.54 Å². The molecule has 0 saturated heterocycles. The number of hydrogen-bond acceptors (Lipinski definition) is 5. The molecule has 0 unspecified atom stereocenters. The minimum Gasteiger partial charge on any atom is -0.465 e. The van der Waals surface area contributed by atoms with Crippen molar-refractivity contribution in [3.8, 4) is 0 Å². The number of rotatable bonds is 5. The number of likely N-dealkylation sites (N-methyl/N-ethyl adjacent to an activating group) is 1. The molecule has 0 aliphatic rings. The zero-order valence-corrected chi connectivity index (χ0v) is 10.7. The topological polar surface area (TPSA) is 72.7 Å². The normalized spacial score (nSPS) is 9.94. The van der Waals surface area contributed by atoms with Crippen molar-refractivity contribution < 1.29 is 14.5 Å². The van der Waals surface area contributed by atoms with Crippen LogP contribution in [0.1, 0.15) is 12.5 Å². The molecular weight excluding hydrogens is 236 g/mol. The van der Waals surface area contributed by atoms with Crippen molar-refractivity contribution in [1.29, 1.82) is 0 Å². The highest BCUT2D eigenvalue weighted by atomic mass is 16.6. The van der Waals surface area contributed by atoms with Gasteiger partial charge in [-0.2, -0.15) is 0 Å². The first-order chi connectivity index (χ1) is 8.45. The Bertz CT molecular complexity index is 459. The molecule has 0 fully saturated rings. The first-order valence-electron chi connectivity index (χ1n) is 5.57. The number of benzene rings is 1. The van der Waals surface area contributed by atoms with Crippen LogP contribution >= 0.6 is 0 Å². The van der Waals surface area contributed by atoms with Gasteiger partial charge in [-0.25, -0.2) is 0 Å². The Hall–Kier alpha value is -2.11. The smallest absolute Gasteiger partial charge is 0.325 e. The summed E-state index contributed by atoms with van der Waals surface area (Å²) in [5.41, 5.74) is 1.56. The second-order valence-corrected chi connectivity index (χ2v) is 3.89. The van der Waals surface area contributed by atoms with E-state index in [-0.39, 0.29) is 18.2 Å². The molecule has 0 aromatic heterocycles. The van der Waals surface area contributed by atoms with Crippen LogP contribution in [0.4, 0.5) is 11.4 Å². The third-order valence-corrected chi connectivity index (χ3v) is 2.47. The first kappa shape index (κ1) is 14.0. The SMILES string of the molecule is CCOC(=O)CN(C)c1ccc([N+](=O)[O-])cc1C. The molecule has 0 heterocycles. The number of esters is 1. The number of ether oxygens (including phenoxy) is 1. The van der Waals surface area contributed by atoms with Crippen LogP contribution < -0.4 is 4.90 Å². The lowest BCUT2D eigenvalue weighted by Gasteiger charge is -2.20. The highest BCUT2D eigenvalue weighted by molar-refractivity contribution is 5.76. The van der Waals surface area contributed by atoms with E-state index in [1.807, 2.05) is 0 Å².